The fourth-order valence-electron chi connectivity index (χ4n) is 11.9. The maximum absolute atomic E-state index is 11.1. The van der Waals surface area contributed by atoms with Crippen LogP contribution in [0.1, 0.15) is 113 Å². The van der Waals surface area contributed by atoms with Crippen LogP contribution in [-0.4, -0.2) is 22.4 Å². The molecule has 5 rings (SSSR count). The molecule has 33 heavy (non-hydrogen) atoms. The van der Waals surface area contributed by atoms with Crippen LogP contribution >= 0.6 is 0 Å². The number of hydrogen-bond donors (Lipinski definition) is 2. The first kappa shape index (κ1) is 24.4. The molecule has 11 atom stereocenters. The first-order valence-corrected chi connectivity index (χ1v) is 14.3. The lowest BCUT2D eigenvalue weighted by Gasteiger charge is -2.73. The van der Waals surface area contributed by atoms with E-state index >= 15 is 0 Å². The Morgan fingerprint density at radius 1 is 0.818 bits per heavy atom. The maximum Gasteiger partial charge on any atom is 0.0594 e. The second-order valence-corrected chi connectivity index (χ2v) is 15.0. The lowest BCUT2D eigenvalue weighted by Crippen LogP contribution is -2.67. The molecule has 6 unspecified atom stereocenters. The quantitative estimate of drug-likeness (QED) is 0.425. The van der Waals surface area contributed by atoms with Crippen LogP contribution in [0.15, 0.2) is 12.2 Å². The zero-order valence-corrected chi connectivity index (χ0v) is 22.7. The highest BCUT2D eigenvalue weighted by atomic mass is 16.3. The monoisotopic (exact) mass is 456 g/mol. The van der Waals surface area contributed by atoms with Gasteiger partial charge in [0.1, 0.15) is 0 Å². The van der Waals surface area contributed by atoms with Crippen molar-refractivity contribution < 1.29 is 10.2 Å². The molecule has 0 saturated heterocycles. The molecule has 0 spiro atoms. The summed E-state index contributed by atoms with van der Waals surface area (Å²) in [5.41, 5.74) is 2.52. The average Bonchev–Trinajstić information content (AvgIpc) is 3.13. The van der Waals surface area contributed by atoms with Gasteiger partial charge in [-0.2, -0.15) is 0 Å². The van der Waals surface area contributed by atoms with E-state index in [1.165, 1.54) is 63.4 Å². The molecule has 5 saturated carbocycles. The predicted octanol–water partition coefficient (Wildman–Crippen LogP) is 7.39. The van der Waals surface area contributed by atoms with E-state index in [-0.39, 0.29) is 23.0 Å². The van der Waals surface area contributed by atoms with Crippen molar-refractivity contribution in [1.82, 2.24) is 0 Å². The summed E-state index contributed by atoms with van der Waals surface area (Å²) in [6, 6.07) is 0. The summed E-state index contributed by atoms with van der Waals surface area (Å²) in [6.07, 6.45) is 11.9. The van der Waals surface area contributed by atoms with E-state index in [0.717, 1.165) is 12.3 Å². The summed E-state index contributed by atoms with van der Waals surface area (Å²) >= 11 is 0. The SMILES string of the molecule is C=C(C)[C@@H]1CC[C@]2([C@@H](C)O)CC[C@]3(C)C(CCC4C3(C)CCC3C(C)(C)C(O)CC[C@@]34C)C12. The number of hydrogen-bond acceptors (Lipinski definition) is 2. The average molecular weight is 457 g/mol. The van der Waals surface area contributed by atoms with Gasteiger partial charge >= 0.3 is 0 Å². The summed E-state index contributed by atoms with van der Waals surface area (Å²) < 4.78 is 0. The van der Waals surface area contributed by atoms with Crippen molar-refractivity contribution in [2.75, 3.05) is 0 Å². The van der Waals surface area contributed by atoms with Gasteiger partial charge in [-0.25, -0.2) is 0 Å². The topological polar surface area (TPSA) is 40.5 Å². The minimum atomic E-state index is -0.212. The molecule has 0 bridgehead atoms. The minimum absolute atomic E-state index is 0.0244. The second kappa shape index (κ2) is 7.34. The third-order valence-corrected chi connectivity index (χ3v) is 13.9. The number of aliphatic hydroxyl groups excluding tert-OH is 2. The van der Waals surface area contributed by atoms with Crippen LogP contribution in [0.5, 0.6) is 0 Å². The van der Waals surface area contributed by atoms with Gasteiger partial charge in [-0.1, -0.05) is 46.8 Å². The van der Waals surface area contributed by atoms with E-state index < -0.39 is 0 Å². The van der Waals surface area contributed by atoms with E-state index in [1.807, 2.05) is 0 Å². The molecule has 2 heteroatoms. The summed E-state index contributed by atoms with van der Waals surface area (Å²) in [7, 11) is 0. The van der Waals surface area contributed by atoms with Crippen LogP contribution in [-0.2, 0) is 0 Å². The molecule has 0 aromatic heterocycles. The Morgan fingerprint density at radius 3 is 2.15 bits per heavy atom. The van der Waals surface area contributed by atoms with Crippen molar-refractivity contribution >= 4 is 0 Å². The highest BCUT2D eigenvalue weighted by Gasteiger charge is 2.71. The van der Waals surface area contributed by atoms with Crippen LogP contribution in [0.2, 0.25) is 0 Å². The van der Waals surface area contributed by atoms with Gasteiger partial charge in [-0.15, -0.1) is 0 Å². The molecular weight excluding hydrogens is 404 g/mol. The molecule has 0 aromatic carbocycles. The fourth-order valence-corrected chi connectivity index (χ4v) is 11.9. The van der Waals surface area contributed by atoms with E-state index in [0.29, 0.717) is 39.9 Å². The summed E-state index contributed by atoms with van der Waals surface area (Å²) in [4.78, 5) is 0. The summed E-state index contributed by atoms with van der Waals surface area (Å²) in [5, 5.41) is 22.1. The molecule has 188 valence electrons. The van der Waals surface area contributed by atoms with E-state index in [2.05, 4.69) is 55.0 Å². The minimum Gasteiger partial charge on any atom is -0.393 e. The Bertz CT molecular complexity index is 814. The molecule has 0 aromatic rings. The standard InChI is InChI=1S/C31H52O2/c1-19(2)21-11-16-31(20(3)32)18-17-29(7)22(26(21)31)9-10-24-28(6)14-13-25(33)27(4,5)23(28)12-15-30(24,29)8/h20-26,32-33H,1,9-18H2,2-8H3/t20-,21+,22?,23?,24?,25?,26?,28+,29-,30?,31-/m1/s1. The second-order valence-electron chi connectivity index (χ2n) is 15.0. The van der Waals surface area contributed by atoms with Crippen molar-refractivity contribution in [2.24, 2.45) is 56.7 Å². The van der Waals surface area contributed by atoms with Gasteiger partial charge < -0.3 is 10.2 Å². The van der Waals surface area contributed by atoms with E-state index in [4.69, 9.17) is 0 Å². The summed E-state index contributed by atoms with van der Waals surface area (Å²) in [5.74, 6) is 3.26. The Balaban J connectivity index is 1.56. The lowest BCUT2D eigenvalue weighted by atomic mass is 9.32. The van der Waals surface area contributed by atoms with Gasteiger partial charge in [0.25, 0.3) is 0 Å². The van der Waals surface area contributed by atoms with Gasteiger partial charge in [0.15, 0.2) is 0 Å². The molecule has 0 aliphatic heterocycles. The highest BCUT2D eigenvalue weighted by molar-refractivity contribution is 5.22. The van der Waals surface area contributed by atoms with E-state index in [1.54, 1.807) is 0 Å². The first-order chi connectivity index (χ1) is 15.3. The van der Waals surface area contributed by atoms with Crippen LogP contribution in [0, 0.1) is 56.7 Å². The smallest absolute Gasteiger partial charge is 0.0594 e. The Kier molecular flexibility index (Phi) is 5.42. The molecule has 5 fully saturated rings. The van der Waals surface area contributed by atoms with E-state index in [9.17, 15) is 10.2 Å². The van der Waals surface area contributed by atoms with Gasteiger partial charge in [-0.3, -0.25) is 0 Å². The fraction of sp³-hybridized carbons (Fsp3) is 0.935. The number of allylic oxidation sites excluding steroid dienone is 1. The molecule has 0 amide bonds. The molecule has 2 nitrogen and oxygen atoms in total. The molecular formula is C31H52O2. The predicted molar refractivity (Wildman–Crippen MR) is 137 cm³/mol. The molecule has 0 radical (unpaired) electrons. The van der Waals surface area contributed by atoms with Gasteiger partial charge in [0.05, 0.1) is 12.2 Å². The zero-order chi connectivity index (χ0) is 24.2. The van der Waals surface area contributed by atoms with Crippen LogP contribution in [0.3, 0.4) is 0 Å². The first-order valence-electron chi connectivity index (χ1n) is 14.3. The van der Waals surface area contributed by atoms with Crippen LogP contribution < -0.4 is 0 Å². The number of fused-ring (bicyclic) bond motifs is 7. The van der Waals surface area contributed by atoms with Gasteiger partial charge in [0, 0.05) is 0 Å². The lowest BCUT2D eigenvalue weighted by molar-refractivity contribution is -0.252. The van der Waals surface area contributed by atoms with Crippen molar-refractivity contribution in [3.63, 3.8) is 0 Å². The van der Waals surface area contributed by atoms with Gasteiger partial charge in [0.2, 0.25) is 0 Å². The van der Waals surface area contributed by atoms with Gasteiger partial charge in [-0.05, 0) is 135 Å². The summed E-state index contributed by atoms with van der Waals surface area (Å²) in [6.45, 7) is 21.5. The Hall–Kier alpha value is -0.340. The molecule has 5 aliphatic carbocycles. The normalized spacial score (nSPS) is 56.2. The molecule has 0 heterocycles. The maximum atomic E-state index is 11.1. The number of aliphatic hydroxyl groups is 2. The van der Waals surface area contributed by atoms with Crippen molar-refractivity contribution in [3.8, 4) is 0 Å². The highest BCUT2D eigenvalue weighted by Crippen LogP contribution is 2.77. The largest absolute Gasteiger partial charge is 0.393 e. The molecule has 5 aliphatic rings. The zero-order valence-electron chi connectivity index (χ0n) is 22.7. The Labute approximate surface area is 204 Å². The number of rotatable bonds is 2. The third-order valence-electron chi connectivity index (χ3n) is 13.9. The van der Waals surface area contributed by atoms with Crippen molar-refractivity contribution in [3.05, 3.63) is 12.2 Å². The third kappa shape index (κ3) is 2.86. The van der Waals surface area contributed by atoms with Crippen molar-refractivity contribution in [2.45, 2.75) is 125 Å². The van der Waals surface area contributed by atoms with Crippen LogP contribution in [0.4, 0.5) is 0 Å². The molecule has 2 N–H and O–H groups in total. The Morgan fingerprint density at radius 2 is 1.52 bits per heavy atom. The van der Waals surface area contributed by atoms with Crippen LogP contribution in [0.25, 0.3) is 0 Å². The van der Waals surface area contributed by atoms with Crippen molar-refractivity contribution in [1.29, 1.82) is 0 Å².